The molecule has 1 aliphatic heterocycles. The smallest absolute Gasteiger partial charge is 0.222 e. The molecular formula is C16H24N2O2. The molecule has 1 saturated heterocycles. The van der Waals surface area contributed by atoms with Crippen LogP contribution in [0.15, 0.2) is 18.2 Å². The van der Waals surface area contributed by atoms with Gasteiger partial charge in [0.25, 0.3) is 0 Å². The zero-order chi connectivity index (χ0) is 14.5. The van der Waals surface area contributed by atoms with E-state index in [1.54, 1.807) is 7.11 Å². The Balaban J connectivity index is 2.04. The van der Waals surface area contributed by atoms with E-state index in [-0.39, 0.29) is 5.91 Å². The molecule has 1 fully saturated rings. The van der Waals surface area contributed by atoms with Crippen molar-refractivity contribution in [1.29, 1.82) is 0 Å². The molecule has 1 aromatic rings. The summed E-state index contributed by atoms with van der Waals surface area (Å²) < 4.78 is 5.15. The van der Waals surface area contributed by atoms with Crippen molar-refractivity contribution in [1.82, 2.24) is 4.90 Å². The molecule has 0 aliphatic carbocycles. The molecule has 20 heavy (non-hydrogen) atoms. The largest absolute Gasteiger partial charge is 0.495 e. The molecule has 110 valence electrons. The number of likely N-dealkylation sites (tertiary alicyclic amines) is 1. The molecule has 0 bridgehead atoms. The highest BCUT2D eigenvalue weighted by Crippen LogP contribution is 2.25. The summed E-state index contributed by atoms with van der Waals surface area (Å²) in [7, 11) is 1.61. The Labute approximate surface area is 120 Å². The first-order valence-corrected chi connectivity index (χ1v) is 7.34. The van der Waals surface area contributed by atoms with E-state index in [0.29, 0.717) is 30.3 Å². The average molecular weight is 276 g/mol. The Kier molecular flexibility index (Phi) is 4.88. The molecular weight excluding hydrogens is 252 g/mol. The van der Waals surface area contributed by atoms with Crippen molar-refractivity contribution in [3.8, 4) is 5.75 Å². The zero-order valence-corrected chi connectivity index (χ0v) is 12.4. The summed E-state index contributed by atoms with van der Waals surface area (Å²) >= 11 is 0. The first-order chi connectivity index (χ1) is 9.63. The van der Waals surface area contributed by atoms with Crippen molar-refractivity contribution in [3.05, 3.63) is 23.8 Å². The number of anilines is 1. The van der Waals surface area contributed by atoms with E-state index in [4.69, 9.17) is 10.5 Å². The predicted molar refractivity (Wildman–Crippen MR) is 80.5 cm³/mol. The molecule has 0 radical (unpaired) electrons. The van der Waals surface area contributed by atoms with Gasteiger partial charge in [0.2, 0.25) is 5.91 Å². The van der Waals surface area contributed by atoms with Gasteiger partial charge in [-0.15, -0.1) is 0 Å². The Hall–Kier alpha value is -1.71. The lowest BCUT2D eigenvalue weighted by atomic mass is 9.98. The minimum Gasteiger partial charge on any atom is -0.495 e. The molecule has 0 aromatic heterocycles. The molecule has 0 saturated carbocycles. The van der Waals surface area contributed by atoms with Gasteiger partial charge in [-0.05, 0) is 36.5 Å². The Morgan fingerprint density at radius 1 is 1.40 bits per heavy atom. The summed E-state index contributed by atoms with van der Waals surface area (Å²) in [6.07, 6.45) is 3.96. The number of rotatable bonds is 4. The van der Waals surface area contributed by atoms with Gasteiger partial charge in [-0.1, -0.05) is 19.4 Å². The number of benzene rings is 1. The molecule has 4 heteroatoms. The average Bonchev–Trinajstić information content (AvgIpc) is 2.62. The summed E-state index contributed by atoms with van der Waals surface area (Å²) in [5, 5.41) is 0. The normalized spacial score (nSPS) is 19.8. The maximum atomic E-state index is 12.2. The maximum absolute atomic E-state index is 12.2. The van der Waals surface area contributed by atoms with E-state index in [1.807, 2.05) is 23.1 Å². The van der Waals surface area contributed by atoms with Crippen LogP contribution in [0.1, 0.15) is 38.2 Å². The number of nitrogens with two attached hydrogens (primary N) is 1. The van der Waals surface area contributed by atoms with Crippen LogP contribution in [0.2, 0.25) is 0 Å². The SMILES string of the molecule is CCC1CCC(=O)N(Cc2ccc(OC)c(N)c2)CC1. The first-order valence-electron chi connectivity index (χ1n) is 7.34. The molecule has 2 rings (SSSR count). The minimum absolute atomic E-state index is 0.260. The summed E-state index contributed by atoms with van der Waals surface area (Å²) in [5.41, 5.74) is 7.60. The number of nitrogens with zero attached hydrogens (tertiary/aromatic N) is 1. The lowest BCUT2D eigenvalue weighted by Gasteiger charge is -2.21. The fourth-order valence-corrected chi connectivity index (χ4v) is 2.77. The topological polar surface area (TPSA) is 55.6 Å². The molecule has 0 spiro atoms. The van der Waals surface area contributed by atoms with Crippen molar-refractivity contribution >= 4 is 11.6 Å². The molecule has 1 atom stereocenters. The molecule has 1 heterocycles. The maximum Gasteiger partial charge on any atom is 0.222 e. The van der Waals surface area contributed by atoms with Crippen LogP contribution < -0.4 is 10.5 Å². The Morgan fingerprint density at radius 3 is 2.85 bits per heavy atom. The highest BCUT2D eigenvalue weighted by molar-refractivity contribution is 5.76. The minimum atomic E-state index is 0.260. The second-order valence-electron chi connectivity index (χ2n) is 5.49. The van der Waals surface area contributed by atoms with Crippen molar-refractivity contribution in [2.24, 2.45) is 5.92 Å². The van der Waals surface area contributed by atoms with Crippen molar-refractivity contribution in [2.45, 2.75) is 39.2 Å². The fraction of sp³-hybridized carbons (Fsp3) is 0.562. The number of carbonyl (C=O) groups is 1. The third-order valence-corrected chi connectivity index (χ3v) is 4.17. The van der Waals surface area contributed by atoms with Gasteiger partial charge in [0.05, 0.1) is 12.8 Å². The number of amides is 1. The summed E-state index contributed by atoms with van der Waals surface area (Å²) in [5.74, 6) is 1.63. The molecule has 1 amide bonds. The predicted octanol–water partition coefficient (Wildman–Crippen LogP) is 2.82. The van der Waals surface area contributed by atoms with Crippen molar-refractivity contribution in [2.75, 3.05) is 19.4 Å². The molecule has 1 aromatic carbocycles. The van der Waals surface area contributed by atoms with Crippen LogP contribution in [-0.4, -0.2) is 24.5 Å². The Bertz CT molecular complexity index is 474. The lowest BCUT2D eigenvalue weighted by molar-refractivity contribution is -0.131. The van der Waals surface area contributed by atoms with Crippen LogP contribution in [0.3, 0.4) is 0 Å². The molecule has 1 unspecified atom stereocenters. The summed E-state index contributed by atoms with van der Waals surface area (Å²) in [6, 6.07) is 5.74. The number of hydrogen-bond acceptors (Lipinski definition) is 3. The molecule has 1 aliphatic rings. The van der Waals surface area contributed by atoms with Gasteiger partial charge in [-0.25, -0.2) is 0 Å². The second-order valence-corrected chi connectivity index (χ2v) is 5.49. The van der Waals surface area contributed by atoms with Gasteiger partial charge in [-0.2, -0.15) is 0 Å². The highest BCUT2D eigenvalue weighted by atomic mass is 16.5. The van der Waals surface area contributed by atoms with E-state index in [9.17, 15) is 4.79 Å². The number of methoxy groups -OCH3 is 1. The van der Waals surface area contributed by atoms with Crippen LogP contribution in [-0.2, 0) is 11.3 Å². The van der Waals surface area contributed by atoms with Crippen molar-refractivity contribution < 1.29 is 9.53 Å². The van der Waals surface area contributed by atoms with Gasteiger partial charge < -0.3 is 15.4 Å². The van der Waals surface area contributed by atoms with Gasteiger partial charge >= 0.3 is 0 Å². The van der Waals surface area contributed by atoms with Crippen molar-refractivity contribution in [3.63, 3.8) is 0 Å². The lowest BCUT2D eigenvalue weighted by Crippen LogP contribution is -2.29. The van der Waals surface area contributed by atoms with Crippen LogP contribution >= 0.6 is 0 Å². The third kappa shape index (κ3) is 3.44. The molecule has 4 nitrogen and oxygen atoms in total. The first kappa shape index (κ1) is 14.7. The van der Waals surface area contributed by atoms with E-state index in [2.05, 4.69) is 6.92 Å². The third-order valence-electron chi connectivity index (χ3n) is 4.17. The second kappa shape index (κ2) is 6.64. The molecule has 2 N–H and O–H groups in total. The number of hydrogen-bond donors (Lipinski definition) is 1. The highest BCUT2D eigenvalue weighted by Gasteiger charge is 2.21. The van der Waals surface area contributed by atoms with E-state index < -0.39 is 0 Å². The zero-order valence-electron chi connectivity index (χ0n) is 12.4. The fourth-order valence-electron chi connectivity index (χ4n) is 2.77. The standard InChI is InChI=1S/C16H24N2O2/c1-3-12-5-7-16(19)18(9-8-12)11-13-4-6-15(20-2)14(17)10-13/h4,6,10,12H,3,5,7-9,11,17H2,1-2H3. The Morgan fingerprint density at radius 2 is 2.20 bits per heavy atom. The van der Waals surface area contributed by atoms with Crippen LogP contribution in [0.5, 0.6) is 5.75 Å². The summed E-state index contributed by atoms with van der Waals surface area (Å²) in [4.78, 5) is 14.1. The van der Waals surface area contributed by atoms with Crippen LogP contribution in [0.4, 0.5) is 5.69 Å². The van der Waals surface area contributed by atoms with E-state index in [1.165, 1.54) is 0 Å². The van der Waals surface area contributed by atoms with Gasteiger partial charge in [-0.3, -0.25) is 4.79 Å². The number of nitrogen functional groups attached to an aromatic ring is 1. The van der Waals surface area contributed by atoms with Gasteiger partial charge in [0, 0.05) is 19.5 Å². The van der Waals surface area contributed by atoms with Crippen LogP contribution in [0, 0.1) is 5.92 Å². The van der Waals surface area contributed by atoms with Gasteiger partial charge in [0.1, 0.15) is 5.75 Å². The van der Waals surface area contributed by atoms with Crippen LogP contribution in [0.25, 0.3) is 0 Å². The summed E-state index contributed by atoms with van der Waals surface area (Å²) in [6.45, 7) is 3.70. The van der Waals surface area contributed by atoms with E-state index in [0.717, 1.165) is 31.4 Å². The number of carbonyl (C=O) groups excluding carboxylic acids is 1. The monoisotopic (exact) mass is 276 g/mol. The quantitative estimate of drug-likeness (QED) is 0.860. The van der Waals surface area contributed by atoms with E-state index >= 15 is 0 Å². The van der Waals surface area contributed by atoms with Gasteiger partial charge in [0.15, 0.2) is 0 Å². The number of ether oxygens (including phenoxy) is 1.